The number of rotatable bonds is 5. The van der Waals surface area contributed by atoms with Gasteiger partial charge in [-0.3, -0.25) is 4.79 Å². The van der Waals surface area contributed by atoms with Gasteiger partial charge in [0.25, 0.3) is 0 Å². The van der Waals surface area contributed by atoms with Crippen LogP contribution in [0.5, 0.6) is 0 Å². The van der Waals surface area contributed by atoms with Crippen molar-refractivity contribution in [2.45, 2.75) is 53.0 Å². The molecule has 0 aliphatic carbocycles. The van der Waals surface area contributed by atoms with Gasteiger partial charge in [-0.15, -0.1) is 5.10 Å². The first-order valence-corrected chi connectivity index (χ1v) is 6.00. The number of carbonyl (C=O) groups is 1. The molecule has 96 valence electrons. The molecule has 1 atom stereocenters. The molecule has 0 saturated carbocycles. The SMILES string of the molecule is CC(C)c1c(CC(=O)O)nnn1C(C)C(C)C. The van der Waals surface area contributed by atoms with Gasteiger partial charge >= 0.3 is 5.97 Å². The Bertz CT molecular complexity index is 396. The quantitative estimate of drug-likeness (QED) is 0.855. The molecule has 1 unspecified atom stereocenters. The lowest BCUT2D eigenvalue weighted by molar-refractivity contribution is -0.136. The average Bonchev–Trinajstić information content (AvgIpc) is 2.58. The van der Waals surface area contributed by atoms with Gasteiger partial charge in [0.1, 0.15) is 0 Å². The van der Waals surface area contributed by atoms with Gasteiger partial charge in [-0.2, -0.15) is 0 Å². The molecule has 5 nitrogen and oxygen atoms in total. The second-order valence-corrected chi connectivity index (χ2v) is 5.08. The standard InChI is InChI=1S/C12H21N3O2/c1-7(2)9(5)15-12(8(3)4)10(13-14-15)6-11(16)17/h7-9H,6H2,1-5H3,(H,16,17). The Morgan fingerprint density at radius 1 is 1.29 bits per heavy atom. The van der Waals surface area contributed by atoms with Gasteiger partial charge in [-0.05, 0) is 18.8 Å². The van der Waals surface area contributed by atoms with Crippen LogP contribution in [-0.2, 0) is 11.2 Å². The van der Waals surface area contributed by atoms with Gasteiger partial charge in [0.15, 0.2) is 0 Å². The third kappa shape index (κ3) is 3.05. The molecule has 1 heterocycles. The van der Waals surface area contributed by atoms with Gasteiger partial charge in [-0.25, -0.2) is 4.68 Å². The van der Waals surface area contributed by atoms with Crippen molar-refractivity contribution in [1.29, 1.82) is 0 Å². The van der Waals surface area contributed by atoms with Crippen molar-refractivity contribution in [3.63, 3.8) is 0 Å². The van der Waals surface area contributed by atoms with Gasteiger partial charge in [-0.1, -0.05) is 32.9 Å². The van der Waals surface area contributed by atoms with E-state index in [-0.39, 0.29) is 18.4 Å². The highest BCUT2D eigenvalue weighted by molar-refractivity contribution is 5.69. The van der Waals surface area contributed by atoms with E-state index in [4.69, 9.17) is 5.11 Å². The Labute approximate surface area is 102 Å². The fourth-order valence-electron chi connectivity index (χ4n) is 1.78. The van der Waals surface area contributed by atoms with Gasteiger partial charge in [0, 0.05) is 0 Å². The molecule has 0 spiro atoms. The number of carboxylic acid groups (broad SMARTS) is 1. The van der Waals surface area contributed by atoms with Crippen molar-refractivity contribution >= 4 is 5.97 Å². The molecule has 1 aromatic heterocycles. The maximum Gasteiger partial charge on any atom is 0.309 e. The van der Waals surface area contributed by atoms with E-state index in [1.54, 1.807) is 0 Å². The number of hydrogen-bond donors (Lipinski definition) is 1. The molecule has 0 fully saturated rings. The summed E-state index contributed by atoms with van der Waals surface area (Å²) in [6.45, 7) is 10.4. The highest BCUT2D eigenvalue weighted by atomic mass is 16.4. The average molecular weight is 239 g/mol. The van der Waals surface area contributed by atoms with E-state index in [0.29, 0.717) is 11.6 Å². The lowest BCUT2D eigenvalue weighted by Gasteiger charge is -2.20. The monoisotopic (exact) mass is 239 g/mol. The number of aliphatic carboxylic acids is 1. The molecule has 0 saturated heterocycles. The Kier molecular flexibility index (Phi) is 4.26. The summed E-state index contributed by atoms with van der Waals surface area (Å²) in [5, 5.41) is 17.0. The Morgan fingerprint density at radius 3 is 2.29 bits per heavy atom. The molecule has 5 heteroatoms. The van der Waals surface area contributed by atoms with E-state index >= 15 is 0 Å². The number of carboxylic acids is 1. The summed E-state index contributed by atoms with van der Waals surface area (Å²) in [6.07, 6.45) is -0.0572. The van der Waals surface area contributed by atoms with Crippen LogP contribution in [0.4, 0.5) is 0 Å². The molecule has 17 heavy (non-hydrogen) atoms. The van der Waals surface area contributed by atoms with Crippen molar-refractivity contribution in [2.24, 2.45) is 5.92 Å². The first-order valence-electron chi connectivity index (χ1n) is 6.00. The lowest BCUT2D eigenvalue weighted by atomic mass is 10.0. The minimum absolute atomic E-state index is 0.0572. The Hall–Kier alpha value is -1.39. The van der Waals surface area contributed by atoms with Crippen molar-refractivity contribution in [2.75, 3.05) is 0 Å². The zero-order chi connectivity index (χ0) is 13.2. The predicted molar refractivity (Wildman–Crippen MR) is 65.0 cm³/mol. The van der Waals surface area contributed by atoms with Crippen LogP contribution in [0.2, 0.25) is 0 Å². The second-order valence-electron chi connectivity index (χ2n) is 5.08. The summed E-state index contributed by atoms with van der Waals surface area (Å²) in [5.41, 5.74) is 1.52. The normalized spacial score (nSPS) is 13.4. The first-order chi connectivity index (χ1) is 7.84. The maximum atomic E-state index is 10.8. The third-order valence-corrected chi connectivity index (χ3v) is 3.02. The van der Waals surface area contributed by atoms with E-state index in [1.165, 1.54) is 0 Å². The molecule has 1 aromatic rings. The van der Waals surface area contributed by atoms with Crippen molar-refractivity contribution in [3.8, 4) is 0 Å². The number of hydrogen-bond acceptors (Lipinski definition) is 3. The lowest BCUT2D eigenvalue weighted by Crippen LogP contribution is -2.17. The zero-order valence-corrected chi connectivity index (χ0v) is 11.1. The summed E-state index contributed by atoms with van der Waals surface area (Å²) >= 11 is 0. The topological polar surface area (TPSA) is 68.0 Å². The summed E-state index contributed by atoms with van der Waals surface area (Å²) < 4.78 is 1.87. The van der Waals surface area contributed by atoms with Gasteiger partial charge in [0.2, 0.25) is 0 Å². The second kappa shape index (κ2) is 5.29. The molecule has 1 rings (SSSR count). The van der Waals surface area contributed by atoms with Crippen LogP contribution in [-0.4, -0.2) is 26.1 Å². The number of aromatic nitrogens is 3. The molecule has 0 amide bonds. The van der Waals surface area contributed by atoms with Gasteiger partial charge < -0.3 is 5.11 Å². The molecule has 0 aliphatic heterocycles. The van der Waals surface area contributed by atoms with Crippen molar-refractivity contribution in [3.05, 3.63) is 11.4 Å². The van der Waals surface area contributed by atoms with Crippen LogP contribution in [0.15, 0.2) is 0 Å². The van der Waals surface area contributed by atoms with Crippen molar-refractivity contribution < 1.29 is 9.90 Å². The molecular formula is C12H21N3O2. The van der Waals surface area contributed by atoms with E-state index in [2.05, 4.69) is 31.1 Å². The van der Waals surface area contributed by atoms with Crippen LogP contribution in [0, 0.1) is 5.92 Å². The maximum absolute atomic E-state index is 10.8. The van der Waals surface area contributed by atoms with E-state index in [9.17, 15) is 4.79 Å². The zero-order valence-electron chi connectivity index (χ0n) is 11.1. The molecule has 0 radical (unpaired) electrons. The molecule has 0 aliphatic rings. The fraction of sp³-hybridized carbons (Fsp3) is 0.750. The van der Waals surface area contributed by atoms with Crippen LogP contribution in [0.25, 0.3) is 0 Å². The smallest absolute Gasteiger partial charge is 0.309 e. The predicted octanol–water partition coefficient (Wildman–Crippen LogP) is 2.25. The molecule has 0 bridgehead atoms. The fourth-order valence-corrected chi connectivity index (χ4v) is 1.78. The molecular weight excluding hydrogens is 218 g/mol. The van der Waals surface area contributed by atoms with E-state index in [0.717, 1.165) is 5.69 Å². The highest BCUT2D eigenvalue weighted by Gasteiger charge is 2.22. The van der Waals surface area contributed by atoms with Crippen LogP contribution >= 0.6 is 0 Å². The van der Waals surface area contributed by atoms with Crippen LogP contribution in [0.1, 0.15) is 58.0 Å². The first kappa shape index (κ1) is 13.7. The highest BCUT2D eigenvalue weighted by Crippen LogP contribution is 2.25. The van der Waals surface area contributed by atoms with Crippen LogP contribution < -0.4 is 0 Å². The Balaban J connectivity index is 3.15. The number of nitrogens with zero attached hydrogens (tertiary/aromatic N) is 3. The third-order valence-electron chi connectivity index (χ3n) is 3.02. The molecule has 1 N–H and O–H groups in total. The summed E-state index contributed by atoms with van der Waals surface area (Å²) in [5.74, 6) is -0.205. The Morgan fingerprint density at radius 2 is 1.88 bits per heavy atom. The molecule has 0 aromatic carbocycles. The summed E-state index contributed by atoms with van der Waals surface area (Å²) in [6, 6.07) is 0.224. The van der Waals surface area contributed by atoms with E-state index < -0.39 is 5.97 Å². The minimum atomic E-state index is -0.865. The van der Waals surface area contributed by atoms with Crippen LogP contribution in [0.3, 0.4) is 0 Å². The van der Waals surface area contributed by atoms with E-state index in [1.807, 2.05) is 18.5 Å². The minimum Gasteiger partial charge on any atom is -0.481 e. The van der Waals surface area contributed by atoms with Crippen molar-refractivity contribution in [1.82, 2.24) is 15.0 Å². The summed E-state index contributed by atoms with van der Waals surface area (Å²) in [7, 11) is 0. The van der Waals surface area contributed by atoms with Gasteiger partial charge in [0.05, 0.1) is 23.9 Å². The summed E-state index contributed by atoms with van der Waals surface area (Å²) in [4.78, 5) is 10.8. The largest absolute Gasteiger partial charge is 0.481 e.